The Morgan fingerprint density at radius 3 is 2.52 bits per heavy atom. The molecule has 0 unspecified atom stereocenters. The van der Waals surface area contributed by atoms with Crippen LogP contribution in [0, 0.1) is 10.1 Å². The van der Waals surface area contributed by atoms with Crippen LogP contribution in [0.2, 0.25) is 0 Å². The minimum absolute atomic E-state index is 0.00708. The first-order valence-corrected chi connectivity index (χ1v) is 11.8. The SMILES string of the molecule is O=[N+]([O-])c1ccc(-c2nnc(CSc3nnc(Cc4cccs4)n3-c3ccccc3)o2)cc1. The Morgan fingerprint density at radius 2 is 1.79 bits per heavy atom. The maximum absolute atomic E-state index is 10.8. The van der Waals surface area contributed by atoms with E-state index in [4.69, 9.17) is 4.42 Å². The van der Waals surface area contributed by atoms with Gasteiger partial charge < -0.3 is 4.42 Å². The molecule has 2 aromatic carbocycles. The Balaban J connectivity index is 1.36. The molecular formula is C22H16N6O3S2. The molecule has 0 spiro atoms. The standard InChI is InChI=1S/C22H16N6O3S2/c29-28(30)17-10-8-15(9-11-17)21-25-24-20(31-21)14-33-22-26-23-19(13-18-7-4-12-32-18)27(22)16-5-2-1-3-6-16/h1-12H,13-14H2. The lowest BCUT2D eigenvalue weighted by Crippen LogP contribution is -2.03. The van der Waals surface area contributed by atoms with Gasteiger partial charge >= 0.3 is 0 Å². The van der Waals surface area contributed by atoms with Gasteiger partial charge in [0.2, 0.25) is 11.8 Å². The minimum Gasteiger partial charge on any atom is -0.420 e. The monoisotopic (exact) mass is 476 g/mol. The van der Waals surface area contributed by atoms with E-state index in [1.54, 1.807) is 23.5 Å². The molecule has 0 aliphatic heterocycles. The van der Waals surface area contributed by atoms with Crippen molar-refractivity contribution in [3.8, 4) is 17.1 Å². The highest BCUT2D eigenvalue weighted by Crippen LogP contribution is 2.28. The molecule has 0 amide bonds. The lowest BCUT2D eigenvalue weighted by atomic mass is 10.2. The van der Waals surface area contributed by atoms with E-state index in [2.05, 4.69) is 26.5 Å². The van der Waals surface area contributed by atoms with Gasteiger partial charge in [0.15, 0.2) is 5.16 Å². The predicted molar refractivity (Wildman–Crippen MR) is 124 cm³/mol. The van der Waals surface area contributed by atoms with Crippen molar-refractivity contribution >= 4 is 28.8 Å². The van der Waals surface area contributed by atoms with Crippen LogP contribution in [-0.2, 0) is 12.2 Å². The summed E-state index contributed by atoms with van der Waals surface area (Å²) in [5.41, 5.74) is 1.61. The molecule has 0 fully saturated rings. The molecule has 0 N–H and O–H groups in total. The van der Waals surface area contributed by atoms with Crippen LogP contribution in [0.25, 0.3) is 17.1 Å². The lowest BCUT2D eigenvalue weighted by molar-refractivity contribution is -0.384. The van der Waals surface area contributed by atoms with Gasteiger partial charge in [0.1, 0.15) is 5.82 Å². The Labute approximate surface area is 196 Å². The molecule has 0 saturated heterocycles. The molecule has 0 radical (unpaired) electrons. The second-order valence-corrected chi connectivity index (χ2v) is 8.89. The van der Waals surface area contributed by atoms with E-state index in [1.807, 2.05) is 46.3 Å². The fourth-order valence-corrected chi connectivity index (χ4v) is 4.70. The summed E-state index contributed by atoms with van der Waals surface area (Å²) in [7, 11) is 0. The van der Waals surface area contributed by atoms with Crippen molar-refractivity contribution in [2.45, 2.75) is 17.3 Å². The Morgan fingerprint density at radius 1 is 0.970 bits per heavy atom. The van der Waals surface area contributed by atoms with Crippen LogP contribution in [0.3, 0.4) is 0 Å². The molecule has 33 heavy (non-hydrogen) atoms. The van der Waals surface area contributed by atoms with E-state index in [9.17, 15) is 10.1 Å². The van der Waals surface area contributed by atoms with E-state index in [-0.39, 0.29) is 5.69 Å². The zero-order valence-electron chi connectivity index (χ0n) is 17.1. The molecule has 0 aliphatic rings. The third kappa shape index (κ3) is 4.69. The van der Waals surface area contributed by atoms with Crippen molar-refractivity contribution in [1.29, 1.82) is 0 Å². The number of thiophene rings is 1. The highest BCUT2D eigenvalue weighted by Gasteiger charge is 2.17. The Bertz CT molecular complexity index is 1370. The third-order valence-corrected chi connectivity index (χ3v) is 6.53. The second-order valence-electron chi connectivity index (χ2n) is 6.92. The fraction of sp³-hybridized carbons (Fsp3) is 0.0909. The van der Waals surface area contributed by atoms with E-state index in [0.717, 1.165) is 16.7 Å². The minimum atomic E-state index is -0.449. The smallest absolute Gasteiger partial charge is 0.269 e. The summed E-state index contributed by atoms with van der Waals surface area (Å²) in [6.07, 6.45) is 0.685. The molecule has 11 heteroatoms. The topological polar surface area (TPSA) is 113 Å². The van der Waals surface area contributed by atoms with Crippen molar-refractivity contribution in [2.75, 3.05) is 0 Å². The normalized spacial score (nSPS) is 11.0. The Kier molecular flexibility index (Phi) is 5.96. The number of para-hydroxylation sites is 1. The number of hydrogen-bond donors (Lipinski definition) is 0. The van der Waals surface area contributed by atoms with Crippen molar-refractivity contribution in [1.82, 2.24) is 25.0 Å². The zero-order valence-corrected chi connectivity index (χ0v) is 18.7. The molecule has 5 aromatic rings. The summed E-state index contributed by atoms with van der Waals surface area (Å²) in [6, 6.07) is 20.1. The maximum Gasteiger partial charge on any atom is 0.269 e. The zero-order chi connectivity index (χ0) is 22.6. The van der Waals surface area contributed by atoms with Crippen LogP contribution in [-0.4, -0.2) is 29.9 Å². The highest BCUT2D eigenvalue weighted by atomic mass is 32.2. The van der Waals surface area contributed by atoms with E-state index >= 15 is 0 Å². The van der Waals surface area contributed by atoms with Crippen LogP contribution in [0.4, 0.5) is 5.69 Å². The summed E-state index contributed by atoms with van der Waals surface area (Å²) in [6.45, 7) is 0. The van der Waals surface area contributed by atoms with Crippen molar-refractivity contribution in [2.24, 2.45) is 0 Å². The molecule has 0 bridgehead atoms. The number of rotatable bonds is 8. The molecule has 3 aromatic heterocycles. The van der Waals surface area contributed by atoms with Gasteiger partial charge in [-0.2, -0.15) is 0 Å². The summed E-state index contributed by atoms with van der Waals surface area (Å²) < 4.78 is 7.80. The number of nitro benzene ring substituents is 1. The number of non-ortho nitro benzene ring substituents is 1. The molecule has 3 heterocycles. The quantitative estimate of drug-likeness (QED) is 0.171. The van der Waals surface area contributed by atoms with E-state index in [0.29, 0.717) is 29.5 Å². The van der Waals surface area contributed by atoms with Crippen LogP contribution < -0.4 is 0 Å². The number of nitrogens with zero attached hydrogens (tertiary/aromatic N) is 6. The molecule has 5 rings (SSSR count). The summed E-state index contributed by atoms with van der Waals surface area (Å²) in [5.74, 6) is 1.99. The summed E-state index contributed by atoms with van der Waals surface area (Å²) >= 11 is 3.14. The van der Waals surface area contributed by atoms with Gasteiger partial charge in [0, 0.05) is 34.7 Å². The number of aromatic nitrogens is 5. The number of nitro groups is 1. The highest BCUT2D eigenvalue weighted by molar-refractivity contribution is 7.98. The average Bonchev–Trinajstić information content (AvgIpc) is 3.60. The fourth-order valence-electron chi connectivity index (χ4n) is 3.19. The largest absolute Gasteiger partial charge is 0.420 e. The van der Waals surface area contributed by atoms with Gasteiger partial charge in [0.25, 0.3) is 5.69 Å². The first-order chi connectivity index (χ1) is 16.2. The molecule has 0 aliphatic carbocycles. The molecular weight excluding hydrogens is 460 g/mol. The van der Waals surface area contributed by atoms with Crippen LogP contribution in [0.5, 0.6) is 0 Å². The second kappa shape index (κ2) is 9.35. The van der Waals surface area contributed by atoms with Gasteiger partial charge in [0.05, 0.1) is 10.7 Å². The molecule has 0 atom stereocenters. The summed E-state index contributed by atoms with van der Waals surface area (Å²) in [4.78, 5) is 11.6. The van der Waals surface area contributed by atoms with Crippen molar-refractivity contribution in [3.05, 3.63) is 98.8 Å². The van der Waals surface area contributed by atoms with E-state index in [1.165, 1.54) is 28.8 Å². The van der Waals surface area contributed by atoms with Gasteiger partial charge in [-0.05, 0) is 35.7 Å². The molecule has 0 saturated carbocycles. The van der Waals surface area contributed by atoms with Gasteiger partial charge in [-0.1, -0.05) is 36.0 Å². The third-order valence-electron chi connectivity index (χ3n) is 4.74. The van der Waals surface area contributed by atoms with Crippen LogP contribution in [0.1, 0.15) is 16.6 Å². The van der Waals surface area contributed by atoms with Crippen LogP contribution >= 0.6 is 23.1 Å². The lowest BCUT2D eigenvalue weighted by Gasteiger charge is -2.09. The maximum atomic E-state index is 10.8. The predicted octanol–water partition coefficient (Wildman–Crippen LogP) is 5.17. The van der Waals surface area contributed by atoms with Crippen molar-refractivity contribution in [3.63, 3.8) is 0 Å². The summed E-state index contributed by atoms with van der Waals surface area (Å²) in [5, 5.41) is 30.6. The number of hydrogen-bond acceptors (Lipinski definition) is 9. The van der Waals surface area contributed by atoms with Crippen LogP contribution in [0.15, 0.2) is 81.7 Å². The number of thioether (sulfide) groups is 1. The van der Waals surface area contributed by atoms with Crippen molar-refractivity contribution < 1.29 is 9.34 Å². The molecule has 9 nitrogen and oxygen atoms in total. The first-order valence-electron chi connectivity index (χ1n) is 9.89. The first kappa shape index (κ1) is 21.0. The van der Waals surface area contributed by atoms with Gasteiger partial charge in [-0.3, -0.25) is 14.7 Å². The average molecular weight is 477 g/mol. The molecule has 164 valence electrons. The van der Waals surface area contributed by atoms with Gasteiger partial charge in [-0.15, -0.1) is 31.7 Å². The Hall–Kier alpha value is -3.83. The van der Waals surface area contributed by atoms with Gasteiger partial charge in [-0.25, -0.2) is 0 Å². The van der Waals surface area contributed by atoms with E-state index < -0.39 is 4.92 Å². The number of benzene rings is 2.